The molecule has 0 aliphatic carbocycles. The maximum Gasteiger partial charge on any atom is 0.277 e. The molecule has 122 valence electrons. The number of aromatic nitrogens is 4. The fourth-order valence-corrected chi connectivity index (χ4v) is 1.40. The van der Waals surface area contributed by atoms with Crippen molar-refractivity contribution >= 4 is 30.7 Å². The summed E-state index contributed by atoms with van der Waals surface area (Å²) in [5.74, 6) is -3.40. The molecule has 2 aromatic rings. The predicted molar refractivity (Wildman–Crippen MR) is 80.0 cm³/mol. The molecule has 0 aliphatic heterocycles. The molecule has 0 aromatic carbocycles. The van der Waals surface area contributed by atoms with E-state index in [1.54, 1.807) is 0 Å². The van der Waals surface area contributed by atoms with Gasteiger partial charge in [-0.3, -0.25) is 4.79 Å². The first-order chi connectivity index (χ1) is 9.52. The van der Waals surface area contributed by atoms with Gasteiger partial charge in [0.25, 0.3) is 11.8 Å². The van der Waals surface area contributed by atoms with Gasteiger partial charge in [0.2, 0.25) is 0 Å². The summed E-state index contributed by atoms with van der Waals surface area (Å²) >= 11 is 0. The van der Waals surface area contributed by atoms with Crippen LogP contribution in [-0.4, -0.2) is 44.7 Å². The van der Waals surface area contributed by atoms with Crippen LogP contribution in [-0.2, 0) is 0 Å². The number of hydrogen-bond acceptors (Lipinski definition) is 5. The molecule has 0 radical (unpaired) electrons. The van der Waals surface area contributed by atoms with Gasteiger partial charge in [-0.2, -0.15) is 5.10 Å². The van der Waals surface area contributed by atoms with Gasteiger partial charge in [0, 0.05) is 11.8 Å². The first-order valence-electron chi connectivity index (χ1n) is 5.69. The van der Waals surface area contributed by atoms with Crippen molar-refractivity contribution in [2.45, 2.75) is 5.92 Å². The largest absolute Gasteiger partial charge is 0.346 e. The number of carbonyl (C=O) groups excluding carboxylic acids is 1. The molecule has 2 heterocycles. The Morgan fingerprint density at radius 1 is 1.41 bits per heavy atom. The number of hydrogen-bond donors (Lipinski definition) is 2. The Balaban J connectivity index is 0.00000220. The smallest absolute Gasteiger partial charge is 0.277 e. The maximum atomic E-state index is 13.0. The van der Waals surface area contributed by atoms with Crippen LogP contribution in [0.1, 0.15) is 10.4 Å². The summed E-state index contributed by atoms with van der Waals surface area (Å²) in [6, 6.07) is 2.83. The molecule has 2 rings (SSSR count). The fraction of sp³-hybridized carbons (Fsp3) is 0.273. The Morgan fingerprint density at radius 3 is 2.73 bits per heavy atom. The zero-order valence-corrected chi connectivity index (χ0v) is 12.8. The highest BCUT2D eigenvalue weighted by molar-refractivity contribution is 5.94. The second-order valence-electron chi connectivity index (χ2n) is 3.99. The van der Waals surface area contributed by atoms with Crippen molar-refractivity contribution < 1.29 is 13.6 Å². The van der Waals surface area contributed by atoms with Gasteiger partial charge in [-0.25, -0.2) is 23.4 Å². The Morgan fingerprint density at radius 2 is 2.14 bits per heavy atom. The highest BCUT2D eigenvalue weighted by Crippen LogP contribution is 2.10. The monoisotopic (exact) mass is 354 g/mol. The van der Waals surface area contributed by atoms with Gasteiger partial charge >= 0.3 is 0 Å². The van der Waals surface area contributed by atoms with Crippen LogP contribution in [0.25, 0.3) is 5.82 Å². The summed E-state index contributed by atoms with van der Waals surface area (Å²) in [6.07, 6.45) is 4.11. The summed E-state index contributed by atoms with van der Waals surface area (Å²) in [5, 5.41) is 5.98. The van der Waals surface area contributed by atoms with E-state index in [0.717, 1.165) is 0 Å². The fourth-order valence-electron chi connectivity index (χ4n) is 1.40. The van der Waals surface area contributed by atoms with E-state index in [4.69, 9.17) is 5.73 Å². The Bertz CT molecular complexity index is 596. The topological polar surface area (TPSA) is 98.7 Å². The van der Waals surface area contributed by atoms with Crippen molar-refractivity contribution in [1.82, 2.24) is 25.1 Å². The minimum atomic E-state index is -3.13. The molecular weight excluding hydrogens is 341 g/mol. The number of nitrogens with one attached hydrogen (secondary N) is 1. The van der Waals surface area contributed by atoms with E-state index in [9.17, 15) is 13.6 Å². The quantitative estimate of drug-likeness (QED) is 0.828. The van der Waals surface area contributed by atoms with Gasteiger partial charge in [0.05, 0.1) is 13.1 Å². The SMILES string of the molecule is Cl.Cl.NCC(F)(F)CNC(=O)c1ccnc(-n2cncn2)c1. The van der Waals surface area contributed by atoms with Crippen molar-refractivity contribution in [2.75, 3.05) is 13.1 Å². The summed E-state index contributed by atoms with van der Waals surface area (Å²) in [4.78, 5) is 19.5. The third-order valence-corrected chi connectivity index (χ3v) is 2.47. The molecule has 1 amide bonds. The van der Waals surface area contributed by atoms with Crippen molar-refractivity contribution in [2.24, 2.45) is 5.73 Å². The number of alkyl halides is 2. The van der Waals surface area contributed by atoms with Gasteiger partial charge in [0.15, 0.2) is 5.82 Å². The normalized spacial score (nSPS) is 10.3. The van der Waals surface area contributed by atoms with E-state index in [2.05, 4.69) is 20.4 Å². The Hall–Kier alpha value is -1.84. The van der Waals surface area contributed by atoms with Gasteiger partial charge in [-0.1, -0.05) is 0 Å². The van der Waals surface area contributed by atoms with E-state index in [-0.39, 0.29) is 30.4 Å². The number of pyridine rings is 1. The molecule has 0 fully saturated rings. The molecule has 0 unspecified atom stereocenters. The minimum Gasteiger partial charge on any atom is -0.346 e. The molecule has 0 saturated carbocycles. The Kier molecular flexibility index (Phi) is 7.85. The molecule has 0 bridgehead atoms. The first kappa shape index (κ1) is 20.2. The van der Waals surface area contributed by atoms with E-state index in [1.165, 1.54) is 35.7 Å². The molecule has 11 heteroatoms. The molecule has 2 aromatic heterocycles. The van der Waals surface area contributed by atoms with Crippen molar-refractivity contribution in [1.29, 1.82) is 0 Å². The lowest BCUT2D eigenvalue weighted by Crippen LogP contribution is -2.41. The van der Waals surface area contributed by atoms with E-state index in [1.807, 2.05) is 0 Å². The third kappa shape index (κ3) is 5.17. The van der Waals surface area contributed by atoms with Crippen LogP contribution < -0.4 is 11.1 Å². The van der Waals surface area contributed by atoms with Crippen molar-refractivity contribution in [3.05, 3.63) is 36.5 Å². The van der Waals surface area contributed by atoms with Crippen LogP contribution in [0.15, 0.2) is 31.0 Å². The zero-order chi connectivity index (χ0) is 14.6. The zero-order valence-electron chi connectivity index (χ0n) is 11.1. The minimum absolute atomic E-state index is 0. The number of nitrogens with zero attached hydrogens (tertiary/aromatic N) is 4. The van der Waals surface area contributed by atoms with E-state index >= 15 is 0 Å². The summed E-state index contributed by atoms with van der Waals surface area (Å²) < 4.78 is 27.3. The molecule has 0 aliphatic rings. The average Bonchev–Trinajstić information content (AvgIpc) is 2.99. The maximum absolute atomic E-state index is 13.0. The lowest BCUT2D eigenvalue weighted by Gasteiger charge is -2.14. The van der Waals surface area contributed by atoms with Gasteiger partial charge in [-0.15, -0.1) is 24.8 Å². The van der Waals surface area contributed by atoms with E-state index < -0.39 is 24.9 Å². The highest BCUT2D eigenvalue weighted by Gasteiger charge is 2.27. The predicted octanol–water partition coefficient (Wildman–Crippen LogP) is 0.830. The van der Waals surface area contributed by atoms with Crippen LogP contribution >= 0.6 is 24.8 Å². The van der Waals surface area contributed by atoms with Gasteiger partial charge < -0.3 is 11.1 Å². The van der Waals surface area contributed by atoms with Crippen LogP contribution in [0.5, 0.6) is 0 Å². The number of amides is 1. The van der Waals surface area contributed by atoms with E-state index in [0.29, 0.717) is 5.82 Å². The summed E-state index contributed by atoms with van der Waals surface area (Å²) in [5.41, 5.74) is 5.08. The van der Waals surface area contributed by atoms with Crippen LogP contribution in [0.4, 0.5) is 8.78 Å². The lowest BCUT2D eigenvalue weighted by atomic mass is 10.2. The second kappa shape index (κ2) is 8.57. The first-order valence-corrected chi connectivity index (χ1v) is 5.69. The van der Waals surface area contributed by atoms with Crippen molar-refractivity contribution in [3.63, 3.8) is 0 Å². The molecule has 0 spiro atoms. The summed E-state index contributed by atoms with van der Waals surface area (Å²) in [7, 11) is 0. The molecule has 7 nitrogen and oxygen atoms in total. The van der Waals surface area contributed by atoms with Crippen LogP contribution in [0.2, 0.25) is 0 Å². The van der Waals surface area contributed by atoms with Crippen molar-refractivity contribution in [3.8, 4) is 5.82 Å². The average molecular weight is 355 g/mol. The van der Waals surface area contributed by atoms with Gasteiger partial charge in [-0.05, 0) is 12.1 Å². The number of halogens is 4. The van der Waals surface area contributed by atoms with Crippen LogP contribution in [0, 0.1) is 0 Å². The Labute approximate surface area is 137 Å². The van der Waals surface area contributed by atoms with Gasteiger partial charge in [0.1, 0.15) is 12.7 Å². The molecular formula is C11H14Cl2F2N6O. The second-order valence-corrected chi connectivity index (χ2v) is 3.99. The summed E-state index contributed by atoms with van der Waals surface area (Å²) in [6.45, 7) is -1.64. The molecule has 3 N–H and O–H groups in total. The standard InChI is InChI=1S/C11H12F2N6O.2ClH/c12-11(13,4-14)5-17-10(20)8-1-2-16-9(3-8)19-7-15-6-18-19;;/h1-3,6-7H,4-5,14H2,(H,17,20);2*1H. The number of rotatable bonds is 5. The molecule has 22 heavy (non-hydrogen) atoms. The third-order valence-electron chi connectivity index (χ3n) is 2.47. The number of nitrogens with two attached hydrogens (primary N) is 1. The van der Waals surface area contributed by atoms with Crippen LogP contribution in [0.3, 0.4) is 0 Å². The highest BCUT2D eigenvalue weighted by atomic mass is 35.5. The molecule has 0 saturated heterocycles. The molecule has 0 atom stereocenters. The lowest BCUT2D eigenvalue weighted by molar-refractivity contribution is 0.0118. The number of carbonyl (C=O) groups is 1.